The Morgan fingerprint density at radius 1 is 1.50 bits per heavy atom. The summed E-state index contributed by atoms with van der Waals surface area (Å²) in [6, 6.07) is 0.226. The summed E-state index contributed by atoms with van der Waals surface area (Å²) in [5.74, 6) is 1.47. The molecule has 2 unspecified atom stereocenters. The maximum Gasteiger partial charge on any atom is 0.236 e. The van der Waals surface area contributed by atoms with Crippen LogP contribution < -0.4 is 0 Å². The normalized spacial score (nSPS) is 31.4. The van der Waals surface area contributed by atoms with E-state index >= 15 is 0 Å². The summed E-state index contributed by atoms with van der Waals surface area (Å²) in [6.45, 7) is 2.12. The Kier molecular flexibility index (Phi) is 4.97. The van der Waals surface area contributed by atoms with Crippen LogP contribution >= 0.6 is 27.7 Å². The number of hydrogen-bond acceptors (Lipinski definition) is 3. The summed E-state index contributed by atoms with van der Waals surface area (Å²) in [5, 5.41) is 1.02. The first kappa shape index (κ1) is 12.7. The zero-order chi connectivity index (χ0) is 11.4. The van der Waals surface area contributed by atoms with E-state index in [-0.39, 0.29) is 11.3 Å². The van der Waals surface area contributed by atoms with E-state index in [2.05, 4.69) is 15.9 Å². The number of nitrogens with zero attached hydrogens (tertiary/aromatic N) is 1. The molecule has 5 heteroatoms. The lowest BCUT2D eigenvalue weighted by Gasteiger charge is -2.37. The van der Waals surface area contributed by atoms with Crippen molar-refractivity contribution in [3.8, 4) is 0 Å². The fourth-order valence-corrected chi connectivity index (χ4v) is 4.00. The van der Waals surface area contributed by atoms with Crippen LogP contribution in [0.1, 0.15) is 19.3 Å². The molecule has 1 amide bonds. The summed E-state index contributed by atoms with van der Waals surface area (Å²) in [4.78, 5) is 14.4. The van der Waals surface area contributed by atoms with Gasteiger partial charge in [-0.3, -0.25) is 4.79 Å². The molecule has 0 N–H and O–H groups in total. The van der Waals surface area contributed by atoms with E-state index < -0.39 is 0 Å². The number of ether oxygens (including phenoxy) is 1. The third kappa shape index (κ3) is 2.93. The van der Waals surface area contributed by atoms with Crippen molar-refractivity contribution >= 4 is 33.6 Å². The summed E-state index contributed by atoms with van der Waals surface area (Å²) in [5.41, 5.74) is 0. The van der Waals surface area contributed by atoms with Crippen LogP contribution in [0.5, 0.6) is 0 Å². The van der Waals surface area contributed by atoms with Gasteiger partial charge in [0.15, 0.2) is 0 Å². The van der Waals surface area contributed by atoms with E-state index in [0.717, 1.165) is 24.0 Å². The minimum Gasteiger partial charge on any atom is -0.377 e. The van der Waals surface area contributed by atoms with Gasteiger partial charge in [0.2, 0.25) is 5.91 Å². The van der Waals surface area contributed by atoms with Crippen LogP contribution in [0, 0.1) is 0 Å². The van der Waals surface area contributed by atoms with E-state index in [1.165, 1.54) is 12.8 Å². The topological polar surface area (TPSA) is 29.5 Å². The first-order chi connectivity index (χ1) is 7.83. The molecule has 2 aliphatic rings. The lowest BCUT2D eigenvalue weighted by atomic mass is 10.1. The molecule has 2 atom stereocenters. The van der Waals surface area contributed by atoms with Crippen molar-refractivity contribution in [3.05, 3.63) is 0 Å². The van der Waals surface area contributed by atoms with E-state index in [9.17, 15) is 4.79 Å². The van der Waals surface area contributed by atoms with Crippen LogP contribution in [-0.4, -0.2) is 52.9 Å². The number of alkyl halides is 1. The summed E-state index contributed by atoms with van der Waals surface area (Å²) in [7, 11) is 0. The zero-order valence-electron chi connectivity index (χ0n) is 9.36. The predicted molar refractivity (Wildman–Crippen MR) is 70.2 cm³/mol. The Morgan fingerprint density at radius 2 is 2.38 bits per heavy atom. The number of carbonyl (C=O) groups excluding carboxylic acids is 1. The number of halogens is 1. The minimum atomic E-state index is 0.202. The zero-order valence-corrected chi connectivity index (χ0v) is 11.8. The second kappa shape index (κ2) is 6.26. The van der Waals surface area contributed by atoms with Gasteiger partial charge in [-0.25, -0.2) is 0 Å². The Balaban J connectivity index is 1.95. The number of hydrogen-bond donors (Lipinski definition) is 0. The van der Waals surface area contributed by atoms with Crippen LogP contribution in [0.2, 0.25) is 0 Å². The fraction of sp³-hybridized carbons (Fsp3) is 0.909. The Labute approximate surface area is 109 Å². The first-order valence-corrected chi connectivity index (χ1v) is 8.05. The maximum absolute atomic E-state index is 12.4. The van der Waals surface area contributed by atoms with Gasteiger partial charge in [-0.2, -0.15) is 0 Å². The average molecular weight is 308 g/mol. The molecule has 3 nitrogen and oxygen atoms in total. The second-order valence-electron chi connectivity index (χ2n) is 4.27. The van der Waals surface area contributed by atoms with Gasteiger partial charge >= 0.3 is 0 Å². The third-order valence-electron chi connectivity index (χ3n) is 3.14. The second-order valence-corrected chi connectivity index (χ2v) is 6.23. The van der Waals surface area contributed by atoms with Crippen molar-refractivity contribution in [2.45, 2.75) is 30.6 Å². The maximum atomic E-state index is 12.4. The highest BCUT2D eigenvalue weighted by atomic mass is 79.9. The van der Waals surface area contributed by atoms with Gasteiger partial charge in [-0.05, 0) is 18.6 Å². The molecule has 0 bridgehead atoms. The largest absolute Gasteiger partial charge is 0.377 e. The van der Waals surface area contributed by atoms with Gasteiger partial charge in [-0.15, -0.1) is 11.8 Å². The van der Waals surface area contributed by atoms with E-state index in [1.54, 1.807) is 0 Å². The fourth-order valence-electron chi connectivity index (χ4n) is 2.19. The number of thioether (sulfide) groups is 1. The van der Waals surface area contributed by atoms with Crippen molar-refractivity contribution in [1.29, 1.82) is 0 Å². The van der Waals surface area contributed by atoms with Crippen molar-refractivity contribution < 1.29 is 9.53 Å². The SMILES string of the molecule is O=C(C1CCCCS1)N1CCOCC1CBr. The molecular formula is C11H18BrNO2S. The van der Waals surface area contributed by atoms with Gasteiger partial charge in [0.1, 0.15) is 0 Å². The van der Waals surface area contributed by atoms with Crippen molar-refractivity contribution in [2.24, 2.45) is 0 Å². The van der Waals surface area contributed by atoms with Crippen LogP contribution in [0.25, 0.3) is 0 Å². The highest BCUT2D eigenvalue weighted by Crippen LogP contribution is 2.27. The molecule has 16 heavy (non-hydrogen) atoms. The van der Waals surface area contributed by atoms with Crippen molar-refractivity contribution in [3.63, 3.8) is 0 Å². The van der Waals surface area contributed by atoms with E-state index in [1.807, 2.05) is 16.7 Å². The predicted octanol–water partition coefficient (Wildman–Crippen LogP) is 1.89. The standard InChI is InChI=1S/C11H18BrNO2S/c12-7-9-8-15-5-4-13(9)11(14)10-3-1-2-6-16-10/h9-10H,1-8H2. The molecule has 2 saturated heterocycles. The van der Waals surface area contributed by atoms with Gasteiger partial charge in [0, 0.05) is 11.9 Å². The minimum absolute atomic E-state index is 0.202. The Morgan fingerprint density at radius 3 is 3.06 bits per heavy atom. The monoisotopic (exact) mass is 307 g/mol. The smallest absolute Gasteiger partial charge is 0.236 e. The van der Waals surface area contributed by atoms with Gasteiger partial charge in [0.05, 0.1) is 24.5 Å². The molecule has 0 radical (unpaired) electrons. The molecule has 0 aromatic carbocycles. The van der Waals surface area contributed by atoms with Gasteiger partial charge in [-0.1, -0.05) is 22.4 Å². The number of morpholine rings is 1. The molecule has 2 fully saturated rings. The van der Waals surface area contributed by atoms with Crippen LogP contribution in [0.15, 0.2) is 0 Å². The van der Waals surface area contributed by atoms with E-state index in [0.29, 0.717) is 19.1 Å². The molecule has 2 rings (SSSR count). The van der Waals surface area contributed by atoms with Crippen molar-refractivity contribution in [2.75, 3.05) is 30.8 Å². The quantitative estimate of drug-likeness (QED) is 0.730. The lowest BCUT2D eigenvalue weighted by Crippen LogP contribution is -2.52. The molecule has 0 aromatic rings. The highest BCUT2D eigenvalue weighted by Gasteiger charge is 2.32. The number of amides is 1. The molecular weight excluding hydrogens is 290 g/mol. The summed E-state index contributed by atoms with van der Waals surface area (Å²) >= 11 is 5.29. The summed E-state index contributed by atoms with van der Waals surface area (Å²) < 4.78 is 5.41. The molecule has 0 aliphatic carbocycles. The third-order valence-corrected chi connectivity index (χ3v) is 5.26. The molecule has 0 spiro atoms. The molecule has 0 saturated carbocycles. The average Bonchev–Trinajstić information content (AvgIpc) is 2.39. The van der Waals surface area contributed by atoms with E-state index in [4.69, 9.17) is 4.74 Å². The van der Waals surface area contributed by atoms with Gasteiger partial charge < -0.3 is 9.64 Å². The number of carbonyl (C=O) groups is 1. The molecule has 0 aromatic heterocycles. The lowest BCUT2D eigenvalue weighted by molar-refractivity contribution is -0.138. The number of rotatable bonds is 2. The van der Waals surface area contributed by atoms with Crippen LogP contribution in [-0.2, 0) is 9.53 Å². The van der Waals surface area contributed by atoms with Crippen LogP contribution in [0.4, 0.5) is 0 Å². The molecule has 92 valence electrons. The highest BCUT2D eigenvalue weighted by molar-refractivity contribution is 9.09. The molecule has 2 aliphatic heterocycles. The van der Waals surface area contributed by atoms with Gasteiger partial charge in [0.25, 0.3) is 0 Å². The Bertz CT molecular complexity index is 246. The van der Waals surface area contributed by atoms with Crippen LogP contribution in [0.3, 0.4) is 0 Å². The summed E-state index contributed by atoms with van der Waals surface area (Å²) in [6.07, 6.45) is 3.52. The Hall–Kier alpha value is 0.260. The van der Waals surface area contributed by atoms with Crippen molar-refractivity contribution in [1.82, 2.24) is 4.90 Å². The molecule has 2 heterocycles. The first-order valence-electron chi connectivity index (χ1n) is 5.88.